The summed E-state index contributed by atoms with van der Waals surface area (Å²) in [6.07, 6.45) is 4.22. The maximum atomic E-state index is 12.4. The normalized spacial score (nSPS) is 15.3. The fraction of sp³-hybridized carbons (Fsp3) is 0.375. The Bertz CT molecular complexity index is 873. The zero-order chi connectivity index (χ0) is 18.0. The molecule has 2 aromatic rings. The van der Waals surface area contributed by atoms with E-state index in [4.69, 9.17) is 11.6 Å². The van der Waals surface area contributed by atoms with Crippen molar-refractivity contribution in [2.75, 3.05) is 4.72 Å². The highest BCUT2D eigenvalue weighted by molar-refractivity contribution is 7.93. The van der Waals surface area contributed by atoms with Gasteiger partial charge < -0.3 is 5.32 Å². The first-order valence-corrected chi connectivity index (χ1v) is 10.6. The Morgan fingerprint density at radius 3 is 2.52 bits per heavy atom. The fourth-order valence-corrected chi connectivity index (χ4v) is 4.99. The van der Waals surface area contributed by atoms with E-state index in [1.165, 1.54) is 24.3 Å². The van der Waals surface area contributed by atoms with Crippen LogP contribution in [0.15, 0.2) is 29.2 Å². The van der Waals surface area contributed by atoms with Gasteiger partial charge in [0.05, 0.1) is 10.6 Å². The minimum atomic E-state index is -3.77. The molecule has 1 aromatic carbocycles. The number of aryl methyl sites for hydroxylation is 1. The molecule has 9 heteroatoms. The van der Waals surface area contributed by atoms with E-state index < -0.39 is 10.0 Å². The molecule has 6 nitrogen and oxygen atoms in total. The highest BCUT2D eigenvalue weighted by atomic mass is 35.5. The summed E-state index contributed by atoms with van der Waals surface area (Å²) in [6, 6.07) is 6.04. The number of rotatable bonds is 5. The molecule has 0 saturated heterocycles. The largest absolute Gasteiger partial charge is 0.349 e. The van der Waals surface area contributed by atoms with Gasteiger partial charge in [-0.1, -0.05) is 35.8 Å². The van der Waals surface area contributed by atoms with Crippen molar-refractivity contribution in [2.24, 2.45) is 0 Å². The fourth-order valence-electron chi connectivity index (χ4n) is 2.76. The number of thiazole rings is 1. The second kappa shape index (κ2) is 7.31. The monoisotopic (exact) mass is 399 g/mol. The average molecular weight is 400 g/mol. The van der Waals surface area contributed by atoms with Crippen molar-refractivity contribution in [2.45, 2.75) is 43.5 Å². The molecule has 25 heavy (non-hydrogen) atoms. The van der Waals surface area contributed by atoms with E-state index in [0.717, 1.165) is 37.0 Å². The lowest BCUT2D eigenvalue weighted by atomic mass is 10.2. The van der Waals surface area contributed by atoms with Crippen LogP contribution in [-0.2, 0) is 10.0 Å². The van der Waals surface area contributed by atoms with E-state index in [0.29, 0.717) is 15.6 Å². The molecule has 1 heterocycles. The highest BCUT2D eigenvalue weighted by Gasteiger charge is 2.23. The van der Waals surface area contributed by atoms with Crippen LogP contribution < -0.4 is 10.0 Å². The lowest BCUT2D eigenvalue weighted by molar-refractivity contribution is 0.0941. The molecule has 1 aromatic heterocycles. The van der Waals surface area contributed by atoms with Crippen LogP contribution in [0.4, 0.5) is 5.13 Å². The first-order valence-electron chi connectivity index (χ1n) is 7.92. The number of carbonyl (C=O) groups is 1. The summed E-state index contributed by atoms with van der Waals surface area (Å²) in [4.78, 5) is 17.1. The van der Waals surface area contributed by atoms with Gasteiger partial charge in [-0.3, -0.25) is 9.52 Å². The number of nitrogens with one attached hydrogen (secondary N) is 2. The van der Waals surface area contributed by atoms with Gasteiger partial charge in [0.15, 0.2) is 5.13 Å². The van der Waals surface area contributed by atoms with Crippen LogP contribution in [0.2, 0.25) is 5.02 Å². The zero-order valence-corrected chi connectivity index (χ0v) is 16.0. The third kappa shape index (κ3) is 4.31. The van der Waals surface area contributed by atoms with Gasteiger partial charge in [0.25, 0.3) is 15.9 Å². The Morgan fingerprint density at radius 2 is 1.88 bits per heavy atom. The van der Waals surface area contributed by atoms with Gasteiger partial charge in [-0.2, -0.15) is 0 Å². The van der Waals surface area contributed by atoms with Gasteiger partial charge in [0, 0.05) is 11.1 Å². The lowest BCUT2D eigenvalue weighted by Gasteiger charge is -2.10. The molecule has 2 N–H and O–H groups in total. The SMILES string of the molecule is Cc1nc(NS(=O)(=O)c2ccc(Cl)cc2)sc1C(=O)NC1CCCC1. The lowest BCUT2D eigenvalue weighted by Crippen LogP contribution is -2.32. The minimum absolute atomic E-state index is 0.0849. The van der Waals surface area contributed by atoms with E-state index in [-0.39, 0.29) is 22.0 Å². The topological polar surface area (TPSA) is 88.2 Å². The molecule has 1 aliphatic rings. The summed E-state index contributed by atoms with van der Waals surface area (Å²) in [5.74, 6) is -0.196. The Labute approximate surface area is 155 Å². The molecule has 1 aliphatic carbocycles. The molecular formula is C16H18ClN3O3S2. The molecule has 0 atom stereocenters. The summed E-state index contributed by atoms with van der Waals surface area (Å²) < 4.78 is 27.2. The zero-order valence-electron chi connectivity index (χ0n) is 13.6. The summed E-state index contributed by atoms with van der Waals surface area (Å²) in [5, 5.41) is 3.61. The molecule has 1 saturated carbocycles. The number of amides is 1. The minimum Gasteiger partial charge on any atom is -0.349 e. The number of anilines is 1. The Balaban J connectivity index is 1.75. The number of sulfonamides is 1. The van der Waals surface area contributed by atoms with Crippen LogP contribution in [0, 0.1) is 6.92 Å². The molecule has 0 radical (unpaired) electrons. The molecule has 0 spiro atoms. The molecular weight excluding hydrogens is 382 g/mol. The van der Waals surface area contributed by atoms with Crippen LogP contribution in [0.3, 0.4) is 0 Å². The van der Waals surface area contributed by atoms with Crippen LogP contribution in [0.5, 0.6) is 0 Å². The number of aromatic nitrogens is 1. The van der Waals surface area contributed by atoms with Crippen LogP contribution in [-0.4, -0.2) is 25.4 Å². The summed E-state index contributed by atoms with van der Waals surface area (Å²) in [5.41, 5.74) is 0.509. The van der Waals surface area contributed by atoms with Crippen molar-refractivity contribution in [1.29, 1.82) is 0 Å². The number of benzene rings is 1. The molecule has 0 aliphatic heterocycles. The van der Waals surface area contributed by atoms with Crippen molar-refractivity contribution < 1.29 is 13.2 Å². The maximum absolute atomic E-state index is 12.4. The quantitative estimate of drug-likeness (QED) is 0.804. The number of nitrogens with zero attached hydrogens (tertiary/aromatic N) is 1. The summed E-state index contributed by atoms with van der Waals surface area (Å²) in [7, 11) is -3.77. The summed E-state index contributed by atoms with van der Waals surface area (Å²) >= 11 is 6.82. The molecule has 3 rings (SSSR count). The highest BCUT2D eigenvalue weighted by Crippen LogP contribution is 2.26. The van der Waals surface area contributed by atoms with E-state index in [1.54, 1.807) is 6.92 Å². The molecule has 1 amide bonds. The Morgan fingerprint density at radius 1 is 1.24 bits per heavy atom. The third-order valence-corrected chi connectivity index (χ3v) is 6.85. The second-order valence-electron chi connectivity index (χ2n) is 5.95. The van der Waals surface area contributed by atoms with Gasteiger partial charge >= 0.3 is 0 Å². The number of halogens is 1. The smallest absolute Gasteiger partial charge is 0.263 e. The van der Waals surface area contributed by atoms with Gasteiger partial charge in [0.1, 0.15) is 4.88 Å². The molecule has 134 valence electrons. The van der Waals surface area contributed by atoms with E-state index in [1.807, 2.05) is 0 Å². The number of hydrogen-bond donors (Lipinski definition) is 2. The van der Waals surface area contributed by atoms with E-state index in [2.05, 4.69) is 15.0 Å². The Hall–Kier alpha value is -1.64. The third-order valence-electron chi connectivity index (χ3n) is 4.04. The maximum Gasteiger partial charge on any atom is 0.263 e. The van der Waals surface area contributed by atoms with E-state index >= 15 is 0 Å². The van der Waals surface area contributed by atoms with E-state index in [9.17, 15) is 13.2 Å². The van der Waals surface area contributed by atoms with Crippen molar-refractivity contribution in [3.8, 4) is 0 Å². The average Bonchev–Trinajstić information content (AvgIpc) is 3.17. The molecule has 1 fully saturated rings. The van der Waals surface area contributed by atoms with Crippen molar-refractivity contribution in [3.05, 3.63) is 39.9 Å². The van der Waals surface area contributed by atoms with Gasteiger partial charge in [-0.15, -0.1) is 0 Å². The van der Waals surface area contributed by atoms with Gasteiger partial charge in [-0.25, -0.2) is 13.4 Å². The van der Waals surface area contributed by atoms with Crippen molar-refractivity contribution in [1.82, 2.24) is 10.3 Å². The number of hydrogen-bond acceptors (Lipinski definition) is 5. The predicted octanol–water partition coefficient (Wildman–Crippen LogP) is 3.58. The molecule has 0 bridgehead atoms. The van der Waals surface area contributed by atoms with Crippen molar-refractivity contribution >= 4 is 44.0 Å². The van der Waals surface area contributed by atoms with Gasteiger partial charge in [-0.05, 0) is 44.0 Å². The van der Waals surface area contributed by atoms with Crippen LogP contribution in [0.25, 0.3) is 0 Å². The second-order valence-corrected chi connectivity index (χ2v) is 9.07. The van der Waals surface area contributed by atoms with Crippen LogP contribution >= 0.6 is 22.9 Å². The molecule has 0 unspecified atom stereocenters. The summed E-state index contributed by atoms with van der Waals surface area (Å²) in [6.45, 7) is 1.69. The van der Waals surface area contributed by atoms with Crippen LogP contribution in [0.1, 0.15) is 41.0 Å². The predicted molar refractivity (Wildman–Crippen MR) is 98.8 cm³/mol. The first-order chi connectivity index (χ1) is 11.8. The first kappa shape index (κ1) is 18.2. The standard InChI is InChI=1S/C16H18ClN3O3S2/c1-10-14(15(21)19-12-4-2-3-5-12)24-16(18-10)20-25(22,23)13-8-6-11(17)7-9-13/h6-9,12H,2-5H2,1H3,(H,18,20)(H,19,21). The number of carbonyl (C=O) groups excluding carboxylic acids is 1. The Kier molecular flexibility index (Phi) is 5.31. The van der Waals surface area contributed by atoms with Gasteiger partial charge in [0.2, 0.25) is 0 Å². The van der Waals surface area contributed by atoms with Crippen molar-refractivity contribution in [3.63, 3.8) is 0 Å².